The van der Waals surface area contributed by atoms with Crippen LogP contribution in [0.2, 0.25) is 0 Å². The van der Waals surface area contributed by atoms with E-state index >= 15 is 0 Å². The summed E-state index contributed by atoms with van der Waals surface area (Å²) in [4.78, 5) is 20.6. The van der Waals surface area contributed by atoms with Crippen LogP contribution in [0.25, 0.3) is 0 Å². The fraction of sp³-hybridized carbons (Fsp3) is 0.652. The van der Waals surface area contributed by atoms with Crippen LogP contribution in [0.4, 0.5) is 0 Å². The Bertz CT molecular complexity index is 682. The summed E-state index contributed by atoms with van der Waals surface area (Å²) in [7, 11) is 3.53. The van der Waals surface area contributed by atoms with Crippen LogP contribution in [0.1, 0.15) is 45.2 Å². The molecular weight excluding hydrogens is 489 g/mol. The lowest BCUT2D eigenvalue weighted by Crippen LogP contribution is -2.49. The minimum absolute atomic E-state index is 0. The van der Waals surface area contributed by atoms with Crippen molar-refractivity contribution >= 4 is 35.8 Å². The van der Waals surface area contributed by atoms with Gasteiger partial charge in [0.1, 0.15) is 6.54 Å². The van der Waals surface area contributed by atoms with Gasteiger partial charge in [-0.25, -0.2) is 4.99 Å². The lowest BCUT2D eigenvalue weighted by Gasteiger charge is -2.31. The largest absolute Gasteiger partial charge is 0.355 e. The Labute approximate surface area is 199 Å². The lowest BCUT2D eigenvalue weighted by molar-refractivity contribution is -0.127. The maximum atomic E-state index is 12.0. The molecule has 0 bridgehead atoms. The van der Waals surface area contributed by atoms with Crippen molar-refractivity contribution in [2.75, 3.05) is 33.7 Å². The zero-order valence-corrected chi connectivity index (χ0v) is 21.8. The van der Waals surface area contributed by atoms with E-state index in [1.807, 2.05) is 0 Å². The van der Waals surface area contributed by atoms with E-state index in [1.54, 1.807) is 19.0 Å². The number of nitrogens with one attached hydrogen (secondary N) is 2. The van der Waals surface area contributed by atoms with E-state index in [4.69, 9.17) is 0 Å². The maximum Gasteiger partial charge on any atom is 0.243 e. The number of hydrogen-bond donors (Lipinski definition) is 2. The molecule has 0 saturated carbocycles. The SMILES string of the molecule is CC(C)N(CCNC(=NCC(=O)N(C)C)NC1CCc2ccccc2C1)C(C)C.I. The third kappa shape index (κ3) is 8.41. The van der Waals surface area contributed by atoms with Crippen molar-refractivity contribution in [1.29, 1.82) is 0 Å². The summed E-state index contributed by atoms with van der Waals surface area (Å²) in [5, 5.41) is 7.02. The smallest absolute Gasteiger partial charge is 0.243 e. The Morgan fingerprint density at radius 3 is 2.37 bits per heavy atom. The number of amides is 1. The second-order valence-corrected chi connectivity index (χ2v) is 8.66. The molecule has 0 aliphatic heterocycles. The monoisotopic (exact) mass is 529 g/mol. The molecule has 1 aliphatic rings. The summed E-state index contributed by atoms with van der Waals surface area (Å²) in [6.45, 7) is 10.8. The van der Waals surface area contributed by atoms with Crippen LogP contribution in [-0.2, 0) is 17.6 Å². The number of rotatable bonds is 8. The summed E-state index contributed by atoms with van der Waals surface area (Å²) < 4.78 is 0. The molecule has 0 saturated heterocycles. The van der Waals surface area contributed by atoms with Crippen LogP contribution in [0.5, 0.6) is 0 Å². The van der Waals surface area contributed by atoms with Gasteiger partial charge in [-0.2, -0.15) is 0 Å². The van der Waals surface area contributed by atoms with Crippen LogP contribution in [-0.4, -0.2) is 73.5 Å². The molecular formula is C23H40IN5O. The molecule has 1 unspecified atom stereocenters. The highest BCUT2D eigenvalue weighted by molar-refractivity contribution is 14.0. The highest BCUT2D eigenvalue weighted by Crippen LogP contribution is 2.20. The molecule has 1 aliphatic carbocycles. The Morgan fingerprint density at radius 2 is 1.77 bits per heavy atom. The summed E-state index contributed by atoms with van der Waals surface area (Å²) in [6, 6.07) is 9.98. The molecule has 0 heterocycles. The number of fused-ring (bicyclic) bond motifs is 1. The van der Waals surface area contributed by atoms with Gasteiger partial charge in [0.25, 0.3) is 0 Å². The number of carbonyl (C=O) groups excluding carboxylic acids is 1. The van der Waals surface area contributed by atoms with Crippen LogP contribution >= 0.6 is 24.0 Å². The number of benzene rings is 1. The fourth-order valence-corrected chi connectivity index (χ4v) is 3.87. The summed E-state index contributed by atoms with van der Waals surface area (Å²) in [6.07, 6.45) is 3.14. The van der Waals surface area contributed by atoms with Crippen LogP contribution < -0.4 is 10.6 Å². The predicted molar refractivity (Wildman–Crippen MR) is 137 cm³/mol. The van der Waals surface area contributed by atoms with Gasteiger partial charge in [0, 0.05) is 45.3 Å². The first-order valence-corrected chi connectivity index (χ1v) is 10.9. The number of aliphatic imine (C=N–C) groups is 1. The molecule has 2 N–H and O–H groups in total. The molecule has 0 radical (unpaired) electrons. The molecule has 6 nitrogen and oxygen atoms in total. The van der Waals surface area contributed by atoms with Crippen LogP contribution in [0, 0.1) is 0 Å². The van der Waals surface area contributed by atoms with E-state index in [0.717, 1.165) is 38.3 Å². The normalized spacial score (nSPS) is 16.3. The van der Waals surface area contributed by atoms with Gasteiger partial charge in [0.05, 0.1) is 0 Å². The number of carbonyl (C=O) groups is 1. The van der Waals surface area contributed by atoms with E-state index in [1.165, 1.54) is 11.1 Å². The van der Waals surface area contributed by atoms with Crippen molar-refractivity contribution in [1.82, 2.24) is 20.4 Å². The first-order chi connectivity index (χ1) is 13.8. The van der Waals surface area contributed by atoms with Crippen LogP contribution in [0.15, 0.2) is 29.3 Å². The molecule has 1 aromatic rings. The third-order valence-corrected chi connectivity index (χ3v) is 5.55. The average Bonchev–Trinajstić information content (AvgIpc) is 2.67. The first-order valence-electron chi connectivity index (χ1n) is 10.9. The molecule has 30 heavy (non-hydrogen) atoms. The Kier molecular flexibility index (Phi) is 11.7. The van der Waals surface area contributed by atoms with Crippen molar-refractivity contribution in [3.63, 3.8) is 0 Å². The zero-order chi connectivity index (χ0) is 21.4. The molecule has 1 aromatic carbocycles. The maximum absolute atomic E-state index is 12.0. The van der Waals surface area contributed by atoms with Crippen molar-refractivity contribution in [2.24, 2.45) is 4.99 Å². The van der Waals surface area contributed by atoms with Gasteiger partial charge in [-0.05, 0) is 58.1 Å². The van der Waals surface area contributed by atoms with E-state index in [9.17, 15) is 4.79 Å². The number of likely N-dealkylation sites (N-methyl/N-ethyl adjacent to an activating group) is 1. The van der Waals surface area contributed by atoms with Crippen molar-refractivity contribution in [3.05, 3.63) is 35.4 Å². The molecule has 1 atom stereocenters. The minimum atomic E-state index is 0. The fourth-order valence-electron chi connectivity index (χ4n) is 3.87. The summed E-state index contributed by atoms with van der Waals surface area (Å²) >= 11 is 0. The molecule has 1 amide bonds. The average molecular weight is 530 g/mol. The highest BCUT2D eigenvalue weighted by atomic mass is 127. The molecule has 7 heteroatoms. The van der Waals surface area contributed by atoms with Gasteiger partial charge in [0.2, 0.25) is 5.91 Å². The Balaban J connectivity index is 0.00000450. The number of nitrogens with zero attached hydrogens (tertiary/aromatic N) is 3. The Morgan fingerprint density at radius 1 is 1.13 bits per heavy atom. The quantitative estimate of drug-likeness (QED) is 0.309. The lowest BCUT2D eigenvalue weighted by atomic mass is 9.88. The second kappa shape index (κ2) is 13.1. The van der Waals surface area contributed by atoms with Gasteiger partial charge in [-0.15, -0.1) is 24.0 Å². The van der Waals surface area contributed by atoms with Gasteiger partial charge in [0.15, 0.2) is 5.96 Å². The van der Waals surface area contributed by atoms with E-state index < -0.39 is 0 Å². The molecule has 0 fully saturated rings. The molecule has 0 aromatic heterocycles. The zero-order valence-electron chi connectivity index (χ0n) is 19.4. The topological polar surface area (TPSA) is 60.0 Å². The standard InChI is InChI=1S/C23H39N5O.HI/c1-17(2)28(18(3)4)14-13-24-23(25-16-22(29)27(5)6)26-21-12-11-19-9-7-8-10-20(19)15-21;/h7-10,17-18,21H,11-16H2,1-6H3,(H2,24,25,26);1H. The molecule has 2 rings (SSSR count). The number of halogens is 1. The summed E-state index contributed by atoms with van der Waals surface area (Å²) in [5.74, 6) is 0.739. The predicted octanol–water partition coefficient (Wildman–Crippen LogP) is 2.90. The van der Waals surface area contributed by atoms with Crippen molar-refractivity contribution < 1.29 is 4.79 Å². The minimum Gasteiger partial charge on any atom is -0.355 e. The second-order valence-electron chi connectivity index (χ2n) is 8.66. The highest BCUT2D eigenvalue weighted by Gasteiger charge is 2.20. The van der Waals surface area contributed by atoms with Crippen LogP contribution in [0.3, 0.4) is 0 Å². The van der Waals surface area contributed by atoms with Gasteiger partial charge >= 0.3 is 0 Å². The van der Waals surface area contributed by atoms with Crippen molar-refractivity contribution in [2.45, 2.75) is 65.1 Å². The third-order valence-electron chi connectivity index (χ3n) is 5.55. The number of aryl methyl sites for hydroxylation is 1. The van der Waals surface area contributed by atoms with E-state index in [-0.39, 0.29) is 36.4 Å². The Hall–Kier alpha value is -1.35. The first kappa shape index (κ1) is 26.7. The van der Waals surface area contributed by atoms with E-state index in [0.29, 0.717) is 18.1 Å². The van der Waals surface area contributed by atoms with Crippen molar-refractivity contribution in [3.8, 4) is 0 Å². The summed E-state index contributed by atoms with van der Waals surface area (Å²) in [5.41, 5.74) is 2.86. The van der Waals surface area contributed by atoms with Gasteiger partial charge in [-0.1, -0.05) is 24.3 Å². The molecule has 0 spiro atoms. The number of hydrogen-bond acceptors (Lipinski definition) is 3. The van der Waals surface area contributed by atoms with Gasteiger partial charge < -0.3 is 15.5 Å². The van der Waals surface area contributed by atoms with E-state index in [2.05, 4.69) is 72.5 Å². The van der Waals surface area contributed by atoms with Gasteiger partial charge in [-0.3, -0.25) is 9.69 Å². The number of guanidine groups is 1. The molecule has 170 valence electrons.